The molecule has 2 unspecified atom stereocenters. The number of hydrogen-bond acceptors (Lipinski definition) is 3. The molecule has 1 fully saturated rings. The van der Waals surface area contributed by atoms with Crippen LogP contribution in [0.3, 0.4) is 0 Å². The Morgan fingerprint density at radius 2 is 2.04 bits per heavy atom. The van der Waals surface area contributed by atoms with Crippen LogP contribution in [0.1, 0.15) is 52.5 Å². The number of carbonyl (C=O) groups is 1. The summed E-state index contributed by atoms with van der Waals surface area (Å²) < 4.78 is 5.79. The highest BCUT2D eigenvalue weighted by Crippen LogP contribution is 2.24. The average Bonchev–Trinajstić information content (AvgIpc) is 3.04. The van der Waals surface area contributed by atoms with Gasteiger partial charge in [0.25, 0.3) is 0 Å². The standard InChI is InChI=1S/C20H32N2O2/c1-15(22-19(23)10-5-16-11-12-21-13-16)14-24-18-8-6-17(7-9-18)20(2,3)4/h6-9,15-16,21H,5,10-14H2,1-4H3,(H,22,23). The maximum absolute atomic E-state index is 12.0. The monoisotopic (exact) mass is 332 g/mol. The molecule has 4 heteroatoms. The number of amides is 1. The molecule has 0 radical (unpaired) electrons. The zero-order valence-electron chi connectivity index (χ0n) is 15.5. The third kappa shape index (κ3) is 6.16. The van der Waals surface area contributed by atoms with Crippen LogP contribution in [0.4, 0.5) is 0 Å². The van der Waals surface area contributed by atoms with E-state index in [1.54, 1.807) is 0 Å². The normalized spacial score (nSPS) is 19.1. The molecule has 1 aromatic rings. The second kappa shape index (κ2) is 8.52. The molecular formula is C20H32N2O2. The van der Waals surface area contributed by atoms with E-state index in [1.807, 2.05) is 19.1 Å². The highest BCUT2D eigenvalue weighted by molar-refractivity contribution is 5.76. The minimum atomic E-state index is 0.0153. The molecule has 1 aliphatic heterocycles. The Balaban J connectivity index is 1.68. The molecule has 0 aromatic heterocycles. The van der Waals surface area contributed by atoms with Crippen LogP contribution in [-0.2, 0) is 10.2 Å². The second-order valence-corrected chi connectivity index (χ2v) is 7.95. The van der Waals surface area contributed by atoms with Gasteiger partial charge in [-0.2, -0.15) is 0 Å². The van der Waals surface area contributed by atoms with Gasteiger partial charge in [0.05, 0.1) is 6.04 Å². The fraction of sp³-hybridized carbons (Fsp3) is 0.650. The molecule has 1 aromatic carbocycles. The van der Waals surface area contributed by atoms with Crippen molar-refractivity contribution < 1.29 is 9.53 Å². The number of nitrogens with one attached hydrogen (secondary N) is 2. The molecule has 0 spiro atoms. The van der Waals surface area contributed by atoms with E-state index >= 15 is 0 Å². The maximum atomic E-state index is 12.0. The topological polar surface area (TPSA) is 50.4 Å². The molecule has 1 heterocycles. The van der Waals surface area contributed by atoms with Crippen molar-refractivity contribution in [3.8, 4) is 5.75 Å². The van der Waals surface area contributed by atoms with Crippen molar-refractivity contribution in [3.05, 3.63) is 29.8 Å². The fourth-order valence-corrected chi connectivity index (χ4v) is 2.96. The van der Waals surface area contributed by atoms with Crippen molar-refractivity contribution >= 4 is 5.91 Å². The average molecular weight is 332 g/mol. The van der Waals surface area contributed by atoms with Gasteiger partial charge in [-0.1, -0.05) is 32.9 Å². The third-order valence-electron chi connectivity index (χ3n) is 4.57. The summed E-state index contributed by atoms with van der Waals surface area (Å²) in [7, 11) is 0. The lowest BCUT2D eigenvalue weighted by Crippen LogP contribution is -2.36. The molecule has 134 valence electrons. The SMILES string of the molecule is CC(COc1ccc(C(C)(C)C)cc1)NC(=O)CCC1CCNC1. The molecular weight excluding hydrogens is 300 g/mol. The molecule has 1 amide bonds. The first-order chi connectivity index (χ1) is 11.3. The van der Waals surface area contributed by atoms with Crippen molar-refractivity contribution in [1.82, 2.24) is 10.6 Å². The Morgan fingerprint density at radius 3 is 2.62 bits per heavy atom. The molecule has 1 aliphatic rings. The fourth-order valence-electron chi connectivity index (χ4n) is 2.96. The number of hydrogen-bond donors (Lipinski definition) is 2. The molecule has 2 atom stereocenters. The van der Waals surface area contributed by atoms with Gasteiger partial charge in [-0.15, -0.1) is 0 Å². The third-order valence-corrected chi connectivity index (χ3v) is 4.57. The summed E-state index contributed by atoms with van der Waals surface area (Å²) in [5, 5.41) is 6.36. The lowest BCUT2D eigenvalue weighted by atomic mass is 9.87. The summed E-state index contributed by atoms with van der Waals surface area (Å²) in [5.74, 6) is 1.63. The van der Waals surface area contributed by atoms with E-state index in [4.69, 9.17) is 4.74 Å². The lowest BCUT2D eigenvalue weighted by Gasteiger charge is -2.20. The summed E-state index contributed by atoms with van der Waals surface area (Å²) in [6, 6.07) is 8.23. The van der Waals surface area contributed by atoms with E-state index in [2.05, 4.69) is 43.5 Å². The van der Waals surface area contributed by atoms with Crippen LogP contribution in [0, 0.1) is 5.92 Å². The molecule has 0 bridgehead atoms. The Morgan fingerprint density at radius 1 is 1.33 bits per heavy atom. The van der Waals surface area contributed by atoms with Gasteiger partial charge in [0.2, 0.25) is 5.91 Å². The van der Waals surface area contributed by atoms with Crippen LogP contribution in [0.5, 0.6) is 5.75 Å². The van der Waals surface area contributed by atoms with Gasteiger partial charge < -0.3 is 15.4 Å². The first-order valence-corrected chi connectivity index (χ1v) is 9.08. The van der Waals surface area contributed by atoms with Crippen LogP contribution >= 0.6 is 0 Å². The highest BCUT2D eigenvalue weighted by Gasteiger charge is 2.17. The lowest BCUT2D eigenvalue weighted by molar-refractivity contribution is -0.122. The smallest absolute Gasteiger partial charge is 0.220 e. The second-order valence-electron chi connectivity index (χ2n) is 7.95. The Bertz CT molecular complexity index is 513. The van der Waals surface area contributed by atoms with Gasteiger partial charge in [0, 0.05) is 6.42 Å². The van der Waals surface area contributed by atoms with Crippen LogP contribution in [-0.4, -0.2) is 31.6 Å². The molecule has 0 saturated carbocycles. The first-order valence-electron chi connectivity index (χ1n) is 9.08. The van der Waals surface area contributed by atoms with E-state index in [0.29, 0.717) is 18.9 Å². The van der Waals surface area contributed by atoms with E-state index in [9.17, 15) is 4.79 Å². The van der Waals surface area contributed by atoms with Gasteiger partial charge in [0.1, 0.15) is 12.4 Å². The first kappa shape index (κ1) is 18.8. The minimum Gasteiger partial charge on any atom is -0.491 e. The predicted octanol–water partition coefficient (Wildman–Crippen LogP) is 3.26. The number of ether oxygens (including phenoxy) is 1. The molecule has 4 nitrogen and oxygen atoms in total. The van der Waals surface area contributed by atoms with Crippen LogP contribution in [0.15, 0.2) is 24.3 Å². The maximum Gasteiger partial charge on any atom is 0.220 e. The van der Waals surface area contributed by atoms with Crippen molar-refractivity contribution in [2.75, 3.05) is 19.7 Å². The quantitative estimate of drug-likeness (QED) is 0.806. The van der Waals surface area contributed by atoms with Gasteiger partial charge in [-0.25, -0.2) is 0 Å². The van der Waals surface area contributed by atoms with Gasteiger partial charge in [-0.05, 0) is 61.9 Å². The van der Waals surface area contributed by atoms with E-state index in [1.165, 1.54) is 12.0 Å². The Labute approximate surface area is 146 Å². The number of benzene rings is 1. The zero-order valence-corrected chi connectivity index (χ0v) is 15.5. The largest absolute Gasteiger partial charge is 0.491 e. The summed E-state index contributed by atoms with van der Waals surface area (Å²) in [4.78, 5) is 12.0. The van der Waals surface area contributed by atoms with Crippen molar-refractivity contribution in [2.24, 2.45) is 5.92 Å². The molecule has 2 rings (SSSR count). The van der Waals surface area contributed by atoms with Crippen molar-refractivity contribution in [3.63, 3.8) is 0 Å². The van der Waals surface area contributed by atoms with Crippen LogP contribution < -0.4 is 15.4 Å². The number of rotatable bonds is 7. The summed E-state index contributed by atoms with van der Waals surface area (Å²) >= 11 is 0. The Kier molecular flexibility index (Phi) is 6.67. The van der Waals surface area contributed by atoms with E-state index in [0.717, 1.165) is 25.3 Å². The van der Waals surface area contributed by atoms with E-state index < -0.39 is 0 Å². The predicted molar refractivity (Wildman–Crippen MR) is 98.5 cm³/mol. The molecule has 2 N–H and O–H groups in total. The van der Waals surface area contributed by atoms with Gasteiger partial charge in [-0.3, -0.25) is 4.79 Å². The molecule has 24 heavy (non-hydrogen) atoms. The van der Waals surface area contributed by atoms with Crippen LogP contribution in [0.2, 0.25) is 0 Å². The minimum absolute atomic E-state index is 0.0153. The summed E-state index contributed by atoms with van der Waals surface area (Å²) in [5.41, 5.74) is 1.44. The highest BCUT2D eigenvalue weighted by atomic mass is 16.5. The van der Waals surface area contributed by atoms with Gasteiger partial charge in [0.15, 0.2) is 0 Å². The zero-order chi connectivity index (χ0) is 17.6. The van der Waals surface area contributed by atoms with Crippen LogP contribution in [0.25, 0.3) is 0 Å². The van der Waals surface area contributed by atoms with E-state index in [-0.39, 0.29) is 17.4 Å². The summed E-state index contributed by atoms with van der Waals surface area (Å²) in [6.45, 7) is 11.2. The molecule has 0 aliphatic carbocycles. The molecule has 1 saturated heterocycles. The Hall–Kier alpha value is -1.55. The number of carbonyl (C=O) groups excluding carboxylic acids is 1. The van der Waals surface area contributed by atoms with Crippen molar-refractivity contribution in [2.45, 2.75) is 58.4 Å². The van der Waals surface area contributed by atoms with Gasteiger partial charge >= 0.3 is 0 Å². The van der Waals surface area contributed by atoms with Crippen molar-refractivity contribution in [1.29, 1.82) is 0 Å². The summed E-state index contributed by atoms with van der Waals surface area (Å²) in [6.07, 6.45) is 2.77.